The first-order valence-corrected chi connectivity index (χ1v) is 8.12. The summed E-state index contributed by atoms with van der Waals surface area (Å²) in [6.07, 6.45) is 0. The molecule has 0 bridgehead atoms. The number of methoxy groups -OCH3 is 1. The van der Waals surface area contributed by atoms with Crippen LogP contribution in [0.25, 0.3) is 0 Å². The Hall–Kier alpha value is -1.12. The van der Waals surface area contributed by atoms with E-state index < -0.39 is 22.0 Å². The summed E-state index contributed by atoms with van der Waals surface area (Å²) in [4.78, 5) is 11.6. The third-order valence-electron chi connectivity index (χ3n) is 2.65. The van der Waals surface area contributed by atoms with Crippen LogP contribution in [0, 0.1) is 5.92 Å². The fourth-order valence-corrected chi connectivity index (χ4v) is 3.98. The maximum absolute atomic E-state index is 12.3. The zero-order chi connectivity index (χ0) is 15.5. The molecular weight excluding hydrogens is 348 g/mol. The normalized spacial score (nSPS) is 13.2. The molecule has 6 nitrogen and oxygen atoms in total. The van der Waals surface area contributed by atoms with Crippen molar-refractivity contribution in [1.29, 1.82) is 0 Å². The van der Waals surface area contributed by atoms with Crippen molar-refractivity contribution in [3.05, 3.63) is 22.7 Å². The number of benzene rings is 1. The fraction of sp³-hybridized carbons (Fsp3) is 0.417. The van der Waals surface area contributed by atoms with Crippen molar-refractivity contribution in [3.8, 4) is 0 Å². The van der Waals surface area contributed by atoms with Gasteiger partial charge in [0.1, 0.15) is 6.04 Å². The number of carbonyl (C=O) groups excluding carboxylic acids is 1. The van der Waals surface area contributed by atoms with E-state index in [-0.39, 0.29) is 10.8 Å². The lowest BCUT2D eigenvalue weighted by Gasteiger charge is -2.20. The van der Waals surface area contributed by atoms with E-state index in [1.54, 1.807) is 13.8 Å². The largest absolute Gasteiger partial charge is 0.468 e. The van der Waals surface area contributed by atoms with Gasteiger partial charge in [0.15, 0.2) is 0 Å². The van der Waals surface area contributed by atoms with Crippen LogP contribution >= 0.6 is 15.9 Å². The second kappa shape index (κ2) is 6.55. The molecule has 0 spiro atoms. The number of hydrogen-bond acceptors (Lipinski definition) is 5. The summed E-state index contributed by atoms with van der Waals surface area (Å²) in [6, 6.07) is 3.38. The van der Waals surface area contributed by atoms with Gasteiger partial charge < -0.3 is 10.5 Å². The van der Waals surface area contributed by atoms with E-state index in [0.717, 1.165) is 0 Å². The van der Waals surface area contributed by atoms with E-state index in [1.165, 1.54) is 25.3 Å². The van der Waals surface area contributed by atoms with E-state index in [9.17, 15) is 13.2 Å². The molecule has 0 radical (unpaired) electrons. The van der Waals surface area contributed by atoms with Gasteiger partial charge in [-0.2, -0.15) is 4.72 Å². The lowest BCUT2D eigenvalue weighted by atomic mass is 10.1. The molecule has 1 rings (SSSR count). The summed E-state index contributed by atoms with van der Waals surface area (Å²) in [5.74, 6) is -0.875. The molecule has 1 atom stereocenters. The Bertz CT molecular complexity index is 601. The molecule has 0 heterocycles. The quantitative estimate of drug-likeness (QED) is 0.609. The number of halogens is 1. The zero-order valence-corrected chi connectivity index (χ0v) is 13.8. The Morgan fingerprint density at radius 1 is 1.40 bits per heavy atom. The lowest BCUT2D eigenvalue weighted by Crippen LogP contribution is -2.44. The van der Waals surface area contributed by atoms with Crippen molar-refractivity contribution in [2.24, 2.45) is 5.92 Å². The molecule has 0 fully saturated rings. The maximum Gasteiger partial charge on any atom is 0.324 e. The minimum Gasteiger partial charge on any atom is -0.468 e. The second-order valence-corrected chi connectivity index (χ2v) is 7.09. The molecule has 112 valence electrons. The third kappa shape index (κ3) is 3.94. The molecule has 0 saturated heterocycles. The predicted octanol–water partition coefficient (Wildman–Crippen LogP) is 1.51. The first kappa shape index (κ1) is 16.9. The van der Waals surface area contributed by atoms with Crippen LogP contribution in [0.5, 0.6) is 0 Å². The number of carbonyl (C=O) groups is 1. The number of anilines is 1. The number of nitrogens with two attached hydrogens (primary N) is 1. The van der Waals surface area contributed by atoms with Crippen LogP contribution in [0.1, 0.15) is 13.8 Å². The molecule has 0 amide bonds. The summed E-state index contributed by atoms with van der Waals surface area (Å²) in [5.41, 5.74) is 6.01. The number of ether oxygens (including phenoxy) is 1. The van der Waals surface area contributed by atoms with Crippen molar-refractivity contribution >= 4 is 37.6 Å². The summed E-state index contributed by atoms with van der Waals surface area (Å²) in [5, 5.41) is 0. The van der Waals surface area contributed by atoms with Crippen molar-refractivity contribution in [3.63, 3.8) is 0 Å². The summed E-state index contributed by atoms with van der Waals surface area (Å²) >= 11 is 3.15. The van der Waals surface area contributed by atoms with Gasteiger partial charge in [-0.1, -0.05) is 13.8 Å². The molecule has 0 aliphatic rings. The van der Waals surface area contributed by atoms with Crippen molar-refractivity contribution in [2.75, 3.05) is 12.8 Å². The smallest absolute Gasteiger partial charge is 0.324 e. The van der Waals surface area contributed by atoms with E-state index >= 15 is 0 Å². The monoisotopic (exact) mass is 364 g/mol. The molecule has 20 heavy (non-hydrogen) atoms. The van der Waals surface area contributed by atoms with E-state index in [0.29, 0.717) is 10.2 Å². The average molecular weight is 365 g/mol. The van der Waals surface area contributed by atoms with E-state index in [2.05, 4.69) is 25.4 Å². The first-order valence-electron chi connectivity index (χ1n) is 5.84. The van der Waals surface area contributed by atoms with Gasteiger partial charge in [-0.15, -0.1) is 0 Å². The maximum atomic E-state index is 12.3. The highest BCUT2D eigenvalue weighted by Gasteiger charge is 2.30. The number of hydrogen-bond donors (Lipinski definition) is 2. The van der Waals surface area contributed by atoms with E-state index in [4.69, 9.17) is 5.73 Å². The Labute approximate surface area is 126 Å². The van der Waals surface area contributed by atoms with Crippen molar-refractivity contribution in [1.82, 2.24) is 4.72 Å². The third-order valence-corrected chi connectivity index (χ3v) is 5.07. The van der Waals surface area contributed by atoms with Gasteiger partial charge in [0.25, 0.3) is 0 Å². The molecule has 1 aromatic rings. The first-order chi connectivity index (χ1) is 9.19. The minimum absolute atomic E-state index is 0.0150. The minimum atomic E-state index is -3.86. The standard InChI is InChI=1S/C12H17BrN2O4S/c1-7(2)11(12(16)19-3)15-20(17,18)10-5-4-8(14)6-9(10)13/h4-7,11,15H,14H2,1-3H3. The zero-order valence-electron chi connectivity index (χ0n) is 11.4. The summed E-state index contributed by atoms with van der Waals surface area (Å²) in [6.45, 7) is 3.45. The molecule has 0 aromatic heterocycles. The van der Waals surface area contributed by atoms with Crippen LogP contribution in [-0.4, -0.2) is 27.5 Å². The molecule has 8 heteroatoms. The van der Waals surface area contributed by atoms with Gasteiger partial charge >= 0.3 is 5.97 Å². The highest BCUT2D eigenvalue weighted by molar-refractivity contribution is 9.10. The topological polar surface area (TPSA) is 98.5 Å². The van der Waals surface area contributed by atoms with Crippen molar-refractivity contribution < 1.29 is 17.9 Å². The van der Waals surface area contributed by atoms with Gasteiger partial charge in [-0.05, 0) is 40.0 Å². The summed E-state index contributed by atoms with van der Waals surface area (Å²) < 4.78 is 31.9. The highest BCUT2D eigenvalue weighted by atomic mass is 79.9. The van der Waals surface area contributed by atoms with Crippen LogP contribution in [-0.2, 0) is 19.6 Å². The number of nitrogen functional groups attached to an aromatic ring is 1. The van der Waals surface area contributed by atoms with Gasteiger partial charge in [-0.3, -0.25) is 4.79 Å². The molecular formula is C12H17BrN2O4S. The Morgan fingerprint density at radius 2 is 2.00 bits per heavy atom. The summed E-state index contributed by atoms with van der Waals surface area (Å²) in [7, 11) is -2.65. The number of sulfonamides is 1. The average Bonchev–Trinajstić information content (AvgIpc) is 2.34. The molecule has 0 aliphatic heterocycles. The molecule has 1 unspecified atom stereocenters. The van der Waals surface area contributed by atoms with Gasteiger partial charge in [0.2, 0.25) is 10.0 Å². The molecule has 0 saturated carbocycles. The van der Waals surface area contributed by atoms with Gasteiger partial charge in [0.05, 0.1) is 12.0 Å². The number of nitrogens with one attached hydrogen (secondary N) is 1. The van der Waals surface area contributed by atoms with Gasteiger partial charge in [0, 0.05) is 10.2 Å². The Kier molecular flexibility index (Phi) is 5.55. The number of esters is 1. The fourth-order valence-electron chi connectivity index (χ4n) is 1.55. The Balaban J connectivity index is 3.13. The second-order valence-electron chi connectivity index (χ2n) is 4.56. The Morgan fingerprint density at radius 3 is 2.45 bits per heavy atom. The van der Waals surface area contributed by atoms with Crippen LogP contribution in [0.3, 0.4) is 0 Å². The van der Waals surface area contributed by atoms with Crippen LogP contribution in [0.15, 0.2) is 27.6 Å². The van der Waals surface area contributed by atoms with Gasteiger partial charge in [-0.25, -0.2) is 8.42 Å². The lowest BCUT2D eigenvalue weighted by molar-refractivity contribution is -0.143. The van der Waals surface area contributed by atoms with Crippen LogP contribution in [0.2, 0.25) is 0 Å². The van der Waals surface area contributed by atoms with Crippen LogP contribution in [0.4, 0.5) is 5.69 Å². The molecule has 1 aromatic carbocycles. The molecule has 3 N–H and O–H groups in total. The highest BCUT2D eigenvalue weighted by Crippen LogP contribution is 2.24. The van der Waals surface area contributed by atoms with Crippen LogP contribution < -0.4 is 10.5 Å². The van der Waals surface area contributed by atoms with Crippen molar-refractivity contribution in [2.45, 2.75) is 24.8 Å². The van der Waals surface area contributed by atoms with E-state index in [1.807, 2.05) is 0 Å². The predicted molar refractivity (Wildman–Crippen MR) is 79.5 cm³/mol. The number of rotatable bonds is 5. The molecule has 0 aliphatic carbocycles. The SMILES string of the molecule is COC(=O)C(NS(=O)(=O)c1ccc(N)cc1Br)C(C)C.